The van der Waals surface area contributed by atoms with Crippen molar-refractivity contribution < 1.29 is 4.74 Å². The second-order valence-corrected chi connectivity index (χ2v) is 9.03. The van der Waals surface area contributed by atoms with Gasteiger partial charge in [-0.3, -0.25) is 0 Å². The number of halogens is 2. The molecule has 154 valence electrons. The molecule has 0 radical (unpaired) electrons. The van der Waals surface area contributed by atoms with Gasteiger partial charge in [-0.05, 0) is 55.8 Å². The summed E-state index contributed by atoms with van der Waals surface area (Å²) >= 11 is 13.7. The number of ether oxygens (including phenoxy) is 1. The van der Waals surface area contributed by atoms with E-state index in [-0.39, 0.29) is 6.10 Å². The van der Waals surface area contributed by atoms with Crippen LogP contribution in [0.3, 0.4) is 0 Å². The Bertz CT molecular complexity index is 972. The first-order chi connectivity index (χ1) is 14.1. The van der Waals surface area contributed by atoms with Crippen LogP contribution in [0.4, 0.5) is 5.82 Å². The second kappa shape index (κ2) is 9.47. The van der Waals surface area contributed by atoms with Gasteiger partial charge in [0.25, 0.3) is 0 Å². The summed E-state index contributed by atoms with van der Waals surface area (Å²) in [5.74, 6) is 1.74. The zero-order chi connectivity index (χ0) is 20.2. The van der Waals surface area contributed by atoms with E-state index in [9.17, 15) is 0 Å². The van der Waals surface area contributed by atoms with Gasteiger partial charge in [0.2, 0.25) is 0 Å². The number of rotatable bonds is 7. The Morgan fingerprint density at radius 3 is 2.83 bits per heavy atom. The maximum absolute atomic E-state index is 6.07. The molecule has 0 bridgehead atoms. The van der Waals surface area contributed by atoms with Crippen LogP contribution in [-0.4, -0.2) is 47.2 Å². The molecule has 1 saturated heterocycles. The van der Waals surface area contributed by atoms with Crippen LogP contribution >= 0.6 is 34.5 Å². The molecule has 0 atom stereocenters. The highest BCUT2D eigenvalue weighted by atomic mass is 35.5. The van der Waals surface area contributed by atoms with E-state index in [2.05, 4.69) is 32.5 Å². The van der Waals surface area contributed by atoms with E-state index in [0.717, 1.165) is 67.2 Å². The van der Waals surface area contributed by atoms with E-state index in [1.165, 1.54) is 5.56 Å². The molecule has 8 heteroatoms. The molecule has 0 aliphatic carbocycles. The molecule has 1 fully saturated rings. The summed E-state index contributed by atoms with van der Waals surface area (Å²) in [6, 6.07) is 5.46. The highest BCUT2D eigenvalue weighted by Crippen LogP contribution is 2.29. The fourth-order valence-electron chi connectivity index (χ4n) is 3.60. The number of hydrogen-bond donors (Lipinski definition) is 1. The van der Waals surface area contributed by atoms with E-state index in [1.54, 1.807) is 29.8 Å². The summed E-state index contributed by atoms with van der Waals surface area (Å²) in [7, 11) is 0. The summed E-state index contributed by atoms with van der Waals surface area (Å²) in [6.07, 6.45) is 5.00. The van der Waals surface area contributed by atoms with Crippen molar-refractivity contribution in [1.29, 1.82) is 0 Å². The van der Waals surface area contributed by atoms with Crippen molar-refractivity contribution in [3.8, 4) is 5.75 Å². The molecule has 0 spiro atoms. The lowest BCUT2D eigenvalue weighted by Crippen LogP contribution is -2.39. The van der Waals surface area contributed by atoms with E-state index in [0.29, 0.717) is 10.0 Å². The zero-order valence-corrected chi connectivity index (χ0v) is 18.7. The molecule has 0 saturated carbocycles. The Kier molecular flexibility index (Phi) is 6.75. The van der Waals surface area contributed by atoms with Gasteiger partial charge in [-0.25, -0.2) is 9.97 Å². The van der Waals surface area contributed by atoms with Gasteiger partial charge in [-0.2, -0.15) is 0 Å². The van der Waals surface area contributed by atoms with Crippen molar-refractivity contribution in [3.63, 3.8) is 0 Å². The lowest BCUT2D eigenvalue weighted by Gasteiger charge is -2.32. The first-order valence-corrected chi connectivity index (χ1v) is 11.5. The standard InChI is InChI=1S/C21H24Cl2N4OS/c1-14-12-29-20-19(14)25-13-26-21(20)24-7-2-8-27-9-5-15(6-10-27)28-16-3-4-17(22)18(23)11-16/h3-4,11-13,15H,2,5-10H2,1H3,(H,24,25,26). The Balaban J connectivity index is 1.19. The van der Waals surface area contributed by atoms with Gasteiger partial charge in [-0.15, -0.1) is 11.3 Å². The molecular formula is C21H24Cl2N4OS. The van der Waals surface area contributed by atoms with Crippen LogP contribution in [0.5, 0.6) is 5.75 Å². The number of anilines is 1. The molecular weight excluding hydrogens is 427 g/mol. The number of nitrogens with zero attached hydrogens (tertiary/aromatic N) is 3. The molecule has 4 rings (SSSR count). The molecule has 1 aromatic carbocycles. The Labute approximate surface area is 185 Å². The first-order valence-electron chi connectivity index (χ1n) is 9.87. The predicted molar refractivity (Wildman–Crippen MR) is 122 cm³/mol. The van der Waals surface area contributed by atoms with E-state index in [4.69, 9.17) is 27.9 Å². The number of nitrogens with one attached hydrogen (secondary N) is 1. The summed E-state index contributed by atoms with van der Waals surface area (Å²) in [5, 5.41) is 6.70. The number of aromatic nitrogens is 2. The van der Waals surface area contributed by atoms with Gasteiger partial charge in [0.1, 0.15) is 24.0 Å². The topological polar surface area (TPSA) is 50.3 Å². The summed E-state index contributed by atoms with van der Waals surface area (Å²) in [4.78, 5) is 11.3. The number of thiophene rings is 1. The van der Waals surface area contributed by atoms with Crippen LogP contribution in [0.25, 0.3) is 10.2 Å². The highest BCUT2D eigenvalue weighted by molar-refractivity contribution is 7.18. The van der Waals surface area contributed by atoms with Crippen LogP contribution < -0.4 is 10.1 Å². The number of fused-ring (bicyclic) bond motifs is 1. The SMILES string of the molecule is Cc1csc2c(NCCCN3CCC(Oc4ccc(Cl)c(Cl)c4)CC3)ncnc12. The Morgan fingerprint density at radius 1 is 1.21 bits per heavy atom. The van der Waals surface area contributed by atoms with Crippen molar-refractivity contribution in [2.75, 3.05) is 31.5 Å². The average molecular weight is 451 g/mol. The molecule has 0 amide bonds. The fraction of sp³-hybridized carbons (Fsp3) is 0.429. The van der Waals surface area contributed by atoms with Crippen LogP contribution in [0, 0.1) is 6.92 Å². The number of piperidine rings is 1. The van der Waals surface area contributed by atoms with Gasteiger partial charge in [0.15, 0.2) is 0 Å². The van der Waals surface area contributed by atoms with Crippen LogP contribution in [0.1, 0.15) is 24.8 Å². The minimum Gasteiger partial charge on any atom is -0.490 e. The quantitative estimate of drug-likeness (QED) is 0.471. The third kappa shape index (κ3) is 5.12. The molecule has 3 aromatic rings. The maximum Gasteiger partial charge on any atom is 0.147 e. The number of aryl methyl sites for hydroxylation is 1. The fourth-order valence-corrected chi connectivity index (χ4v) is 4.85. The normalized spacial score (nSPS) is 15.7. The minimum atomic E-state index is 0.234. The van der Waals surface area contributed by atoms with Crippen molar-refractivity contribution in [2.24, 2.45) is 0 Å². The van der Waals surface area contributed by atoms with Crippen LogP contribution in [0.2, 0.25) is 10.0 Å². The summed E-state index contributed by atoms with van der Waals surface area (Å²) in [6.45, 7) is 6.17. The largest absolute Gasteiger partial charge is 0.490 e. The van der Waals surface area contributed by atoms with Gasteiger partial charge < -0.3 is 15.0 Å². The Morgan fingerprint density at radius 2 is 2.03 bits per heavy atom. The first kappa shape index (κ1) is 20.7. The molecule has 0 unspecified atom stereocenters. The third-order valence-electron chi connectivity index (χ3n) is 5.20. The molecule has 29 heavy (non-hydrogen) atoms. The highest BCUT2D eigenvalue weighted by Gasteiger charge is 2.20. The third-order valence-corrected chi connectivity index (χ3v) is 7.04. The minimum absolute atomic E-state index is 0.234. The lowest BCUT2D eigenvalue weighted by atomic mass is 10.1. The molecule has 5 nitrogen and oxygen atoms in total. The van der Waals surface area contributed by atoms with E-state index < -0.39 is 0 Å². The molecule has 1 aliphatic heterocycles. The van der Waals surface area contributed by atoms with E-state index >= 15 is 0 Å². The Hall–Kier alpha value is -1.60. The monoisotopic (exact) mass is 450 g/mol. The maximum atomic E-state index is 6.07. The summed E-state index contributed by atoms with van der Waals surface area (Å²) in [5.41, 5.74) is 2.26. The lowest BCUT2D eigenvalue weighted by molar-refractivity contribution is 0.100. The number of hydrogen-bond acceptors (Lipinski definition) is 6. The van der Waals surface area contributed by atoms with Crippen molar-refractivity contribution in [1.82, 2.24) is 14.9 Å². The van der Waals surface area contributed by atoms with Crippen LogP contribution in [-0.2, 0) is 0 Å². The number of likely N-dealkylation sites (tertiary alicyclic amines) is 1. The van der Waals surface area contributed by atoms with Crippen molar-refractivity contribution in [2.45, 2.75) is 32.3 Å². The molecule has 1 aliphatic rings. The molecule has 1 N–H and O–H groups in total. The predicted octanol–water partition coefficient (Wildman–Crippen LogP) is 5.65. The smallest absolute Gasteiger partial charge is 0.147 e. The van der Waals surface area contributed by atoms with Gasteiger partial charge in [0.05, 0.1) is 20.3 Å². The van der Waals surface area contributed by atoms with Crippen LogP contribution in [0.15, 0.2) is 29.9 Å². The average Bonchev–Trinajstić information content (AvgIpc) is 3.11. The second-order valence-electron chi connectivity index (χ2n) is 7.33. The van der Waals surface area contributed by atoms with Gasteiger partial charge in [0, 0.05) is 25.7 Å². The molecule has 3 heterocycles. The van der Waals surface area contributed by atoms with Crippen molar-refractivity contribution >= 4 is 50.6 Å². The zero-order valence-electron chi connectivity index (χ0n) is 16.3. The number of benzene rings is 1. The van der Waals surface area contributed by atoms with Gasteiger partial charge >= 0.3 is 0 Å². The summed E-state index contributed by atoms with van der Waals surface area (Å²) < 4.78 is 7.21. The molecule has 2 aromatic heterocycles. The van der Waals surface area contributed by atoms with Gasteiger partial charge in [-0.1, -0.05) is 23.2 Å². The van der Waals surface area contributed by atoms with E-state index in [1.807, 2.05) is 6.07 Å². The van der Waals surface area contributed by atoms with Crippen molar-refractivity contribution in [3.05, 3.63) is 45.5 Å².